The van der Waals surface area contributed by atoms with Crippen molar-refractivity contribution >= 4 is 52.1 Å². The highest BCUT2D eigenvalue weighted by atomic mass is 35.5. The van der Waals surface area contributed by atoms with E-state index in [0.29, 0.717) is 33.2 Å². The van der Waals surface area contributed by atoms with Gasteiger partial charge in [0.2, 0.25) is 0 Å². The molecule has 134 valence electrons. The van der Waals surface area contributed by atoms with Crippen LogP contribution in [0.3, 0.4) is 0 Å². The van der Waals surface area contributed by atoms with Crippen molar-refractivity contribution in [2.24, 2.45) is 0 Å². The smallest absolute Gasteiger partial charge is 0.120 e. The predicted octanol–water partition coefficient (Wildman–Crippen LogP) is 7.49. The lowest BCUT2D eigenvalue weighted by Gasteiger charge is -2.12. The summed E-state index contributed by atoms with van der Waals surface area (Å²) in [5.74, 6) is 0.740. The molecule has 26 heavy (non-hydrogen) atoms. The molecule has 0 atom stereocenters. The Kier molecular flexibility index (Phi) is 6.55. The van der Waals surface area contributed by atoms with Crippen LogP contribution in [0.2, 0.25) is 20.1 Å². The molecule has 0 aromatic heterocycles. The minimum Gasteiger partial charge on any atom is -0.489 e. The number of anilines is 1. The second-order valence-corrected chi connectivity index (χ2v) is 7.34. The third-order valence-electron chi connectivity index (χ3n) is 3.70. The SMILES string of the molecule is Clc1cc(Cl)cc(NCc2cccc(OCc3c(Cl)cccc3Cl)c2)c1. The first kappa shape index (κ1) is 19.2. The van der Waals surface area contributed by atoms with Gasteiger partial charge in [-0.1, -0.05) is 64.6 Å². The molecule has 0 saturated carbocycles. The predicted molar refractivity (Wildman–Crippen MR) is 111 cm³/mol. The summed E-state index contributed by atoms with van der Waals surface area (Å²) in [5, 5.41) is 5.66. The van der Waals surface area contributed by atoms with Crippen LogP contribution in [-0.4, -0.2) is 0 Å². The highest BCUT2D eigenvalue weighted by Crippen LogP contribution is 2.26. The van der Waals surface area contributed by atoms with Gasteiger partial charge < -0.3 is 10.1 Å². The second kappa shape index (κ2) is 8.88. The second-order valence-electron chi connectivity index (χ2n) is 5.65. The molecule has 3 aromatic rings. The van der Waals surface area contributed by atoms with Gasteiger partial charge in [0.25, 0.3) is 0 Å². The first-order valence-corrected chi connectivity index (χ1v) is 9.37. The molecular formula is C20H15Cl4NO. The van der Waals surface area contributed by atoms with Crippen molar-refractivity contribution in [3.05, 3.63) is 91.9 Å². The quantitative estimate of drug-likeness (QED) is 0.440. The molecule has 0 saturated heterocycles. The van der Waals surface area contributed by atoms with E-state index in [1.807, 2.05) is 42.5 Å². The van der Waals surface area contributed by atoms with Gasteiger partial charge in [-0.3, -0.25) is 0 Å². The molecule has 0 aliphatic rings. The van der Waals surface area contributed by atoms with Crippen molar-refractivity contribution in [3.8, 4) is 5.75 Å². The molecule has 0 fully saturated rings. The van der Waals surface area contributed by atoms with Gasteiger partial charge >= 0.3 is 0 Å². The summed E-state index contributed by atoms with van der Waals surface area (Å²) < 4.78 is 5.85. The van der Waals surface area contributed by atoms with E-state index >= 15 is 0 Å². The molecule has 3 rings (SSSR count). The van der Waals surface area contributed by atoms with Crippen molar-refractivity contribution in [2.75, 3.05) is 5.32 Å². The Morgan fingerprint density at radius 1 is 0.769 bits per heavy atom. The Bertz CT molecular complexity index is 874. The number of nitrogens with one attached hydrogen (secondary N) is 1. The van der Waals surface area contributed by atoms with E-state index in [0.717, 1.165) is 22.6 Å². The summed E-state index contributed by atoms with van der Waals surface area (Å²) in [7, 11) is 0. The number of rotatable bonds is 6. The lowest BCUT2D eigenvalue weighted by Crippen LogP contribution is -2.01. The summed E-state index contributed by atoms with van der Waals surface area (Å²) >= 11 is 24.4. The van der Waals surface area contributed by atoms with E-state index in [2.05, 4.69) is 5.32 Å². The fourth-order valence-electron chi connectivity index (χ4n) is 2.43. The van der Waals surface area contributed by atoms with Crippen molar-refractivity contribution in [3.63, 3.8) is 0 Å². The van der Waals surface area contributed by atoms with Crippen molar-refractivity contribution in [1.29, 1.82) is 0 Å². The molecule has 3 aromatic carbocycles. The number of halogens is 4. The zero-order valence-electron chi connectivity index (χ0n) is 13.6. The highest BCUT2D eigenvalue weighted by molar-refractivity contribution is 6.36. The largest absolute Gasteiger partial charge is 0.489 e. The number of hydrogen-bond donors (Lipinski definition) is 1. The number of ether oxygens (including phenoxy) is 1. The van der Waals surface area contributed by atoms with Crippen LogP contribution in [0.25, 0.3) is 0 Å². The van der Waals surface area contributed by atoms with E-state index in [9.17, 15) is 0 Å². The van der Waals surface area contributed by atoms with E-state index in [4.69, 9.17) is 51.1 Å². The Morgan fingerprint density at radius 2 is 1.42 bits per heavy atom. The third-order valence-corrected chi connectivity index (χ3v) is 4.85. The molecule has 6 heteroatoms. The van der Waals surface area contributed by atoms with Crippen LogP contribution in [0.15, 0.2) is 60.7 Å². The van der Waals surface area contributed by atoms with Gasteiger partial charge in [0.15, 0.2) is 0 Å². The zero-order chi connectivity index (χ0) is 18.5. The summed E-state index contributed by atoms with van der Waals surface area (Å²) in [4.78, 5) is 0. The summed E-state index contributed by atoms with van der Waals surface area (Å²) in [6, 6.07) is 18.5. The molecule has 0 spiro atoms. The Morgan fingerprint density at radius 3 is 2.12 bits per heavy atom. The Hall–Kier alpha value is -1.58. The van der Waals surface area contributed by atoms with Crippen molar-refractivity contribution < 1.29 is 4.74 Å². The van der Waals surface area contributed by atoms with Crippen LogP contribution in [0.1, 0.15) is 11.1 Å². The lowest BCUT2D eigenvalue weighted by molar-refractivity contribution is 0.306. The van der Waals surface area contributed by atoms with Gasteiger partial charge in [-0.2, -0.15) is 0 Å². The molecule has 0 heterocycles. The fourth-order valence-corrected chi connectivity index (χ4v) is 3.46. The maximum absolute atomic E-state index is 6.17. The molecule has 0 aliphatic carbocycles. The number of hydrogen-bond acceptors (Lipinski definition) is 2. The van der Waals surface area contributed by atoms with Crippen LogP contribution >= 0.6 is 46.4 Å². The van der Waals surface area contributed by atoms with Crippen LogP contribution in [0.4, 0.5) is 5.69 Å². The molecular weight excluding hydrogens is 412 g/mol. The van der Waals surface area contributed by atoms with E-state index in [1.54, 1.807) is 18.2 Å². The molecule has 0 aliphatic heterocycles. The lowest BCUT2D eigenvalue weighted by atomic mass is 10.2. The molecule has 1 N–H and O–H groups in total. The van der Waals surface area contributed by atoms with Gasteiger partial charge in [0.1, 0.15) is 12.4 Å². The maximum atomic E-state index is 6.17. The van der Waals surface area contributed by atoms with Crippen LogP contribution in [0.5, 0.6) is 5.75 Å². The number of benzene rings is 3. The first-order valence-electron chi connectivity index (χ1n) is 7.86. The van der Waals surface area contributed by atoms with Gasteiger partial charge in [-0.15, -0.1) is 0 Å². The van der Waals surface area contributed by atoms with E-state index in [1.165, 1.54) is 0 Å². The zero-order valence-corrected chi connectivity index (χ0v) is 16.6. The fraction of sp³-hybridized carbons (Fsp3) is 0.100. The molecule has 0 bridgehead atoms. The molecule has 0 unspecified atom stereocenters. The standard InChI is InChI=1S/C20H15Cl4NO/c21-14-8-15(22)10-16(9-14)25-11-13-3-1-4-17(7-13)26-12-18-19(23)5-2-6-20(18)24/h1-10,25H,11-12H2. The normalized spacial score (nSPS) is 10.6. The van der Waals surface area contributed by atoms with Crippen LogP contribution in [0, 0.1) is 0 Å². The Balaban J connectivity index is 1.64. The van der Waals surface area contributed by atoms with Crippen molar-refractivity contribution in [2.45, 2.75) is 13.2 Å². The van der Waals surface area contributed by atoms with E-state index < -0.39 is 0 Å². The van der Waals surface area contributed by atoms with Gasteiger partial charge in [0.05, 0.1) is 0 Å². The highest BCUT2D eigenvalue weighted by Gasteiger charge is 2.07. The van der Waals surface area contributed by atoms with Gasteiger partial charge in [0, 0.05) is 37.9 Å². The summed E-state index contributed by atoms with van der Waals surface area (Å²) in [6.45, 7) is 0.917. The third kappa shape index (κ3) is 5.21. The molecule has 0 amide bonds. The average molecular weight is 427 g/mol. The average Bonchev–Trinajstić information content (AvgIpc) is 2.59. The molecule has 2 nitrogen and oxygen atoms in total. The minimum absolute atomic E-state index is 0.305. The maximum Gasteiger partial charge on any atom is 0.120 e. The summed E-state index contributed by atoms with van der Waals surface area (Å²) in [6.07, 6.45) is 0. The van der Waals surface area contributed by atoms with E-state index in [-0.39, 0.29) is 0 Å². The first-order chi connectivity index (χ1) is 12.5. The Labute approximate surface area is 172 Å². The van der Waals surface area contributed by atoms with Gasteiger partial charge in [-0.25, -0.2) is 0 Å². The molecule has 0 radical (unpaired) electrons. The van der Waals surface area contributed by atoms with Crippen LogP contribution < -0.4 is 10.1 Å². The minimum atomic E-state index is 0.305. The van der Waals surface area contributed by atoms with Crippen LogP contribution in [-0.2, 0) is 13.2 Å². The topological polar surface area (TPSA) is 21.3 Å². The summed E-state index contributed by atoms with van der Waals surface area (Å²) in [5.41, 5.74) is 2.69. The van der Waals surface area contributed by atoms with Crippen molar-refractivity contribution in [1.82, 2.24) is 0 Å². The van der Waals surface area contributed by atoms with Gasteiger partial charge in [-0.05, 0) is 48.0 Å². The monoisotopic (exact) mass is 425 g/mol.